The molecule has 0 aromatic carbocycles. The van der Waals surface area contributed by atoms with Gasteiger partial charge >= 0.3 is 0 Å². The second-order valence-electron chi connectivity index (χ2n) is 3.22. The molecule has 1 atom stereocenters. The average molecular weight is 219 g/mol. The van der Waals surface area contributed by atoms with Crippen molar-refractivity contribution < 1.29 is 14.6 Å². The highest BCUT2D eigenvalue weighted by molar-refractivity contribution is 7.99. The Morgan fingerprint density at radius 1 is 1.64 bits per heavy atom. The number of nitrogens with one attached hydrogen (secondary N) is 1. The lowest BCUT2D eigenvalue weighted by Crippen LogP contribution is -2.28. The third-order valence-corrected chi connectivity index (χ3v) is 3.07. The second kappa shape index (κ2) is 7.09. The van der Waals surface area contributed by atoms with Gasteiger partial charge in [-0.25, -0.2) is 0 Å². The fourth-order valence-electron chi connectivity index (χ4n) is 1.31. The van der Waals surface area contributed by atoms with Gasteiger partial charge in [-0.1, -0.05) is 0 Å². The number of aliphatic hydroxyl groups excluding tert-OH is 1. The molecular weight excluding hydrogens is 202 g/mol. The van der Waals surface area contributed by atoms with Crippen LogP contribution in [0.5, 0.6) is 0 Å². The van der Waals surface area contributed by atoms with Crippen LogP contribution in [-0.2, 0) is 9.53 Å². The highest BCUT2D eigenvalue weighted by atomic mass is 32.2. The number of aliphatic hydroxyl groups is 1. The number of rotatable bonds is 6. The van der Waals surface area contributed by atoms with E-state index in [9.17, 15) is 4.79 Å². The predicted octanol–water partition coefficient (Wildman–Crippen LogP) is 0.00710. The van der Waals surface area contributed by atoms with Crippen LogP contribution in [0.25, 0.3) is 0 Å². The molecule has 0 spiro atoms. The Morgan fingerprint density at radius 3 is 3.14 bits per heavy atom. The second-order valence-corrected chi connectivity index (χ2v) is 4.25. The fourth-order valence-corrected chi connectivity index (χ4v) is 2.24. The largest absolute Gasteiger partial charge is 0.395 e. The first-order valence-corrected chi connectivity index (χ1v) is 6.05. The average Bonchev–Trinajstić information content (AvgIpc) is 2.67. The molecule has 0 saturated carbocycles. The van der Waals surface area contributed by atoms with Gasteiger partial charge in [-0.05, 0) is 12.8 Å². The van der Waals surface area contributed by atoms with E-state index in [4.69, 9.17) is 9.84 Å². The summed E-state index contributed by atoms with van der Waals surface area (Å²) in [5, 5.41) is 11.1. The van der Waals surface area contributed by atoms with Gasteiger partial charge in [0.25, 0.3) is 0 Å². The lowest BCUT2D eigenvalue weighted by atomic mass is 10.3. The van der Waals surface area contributed by atoms with Gasteiger partial charge in [-0.3, -0.25) is 4.79 Å². The quantitative estimate of drug-likeness (QED) is 0.660. The molecule has 4 nitrogen and oxygen atoms in total. The number of thioether (sulfide) groups is 1. The summed E-state index contributed by atoms with van der Waals surface area (Å²) in [7, 11) is 0. The number of hydrogen-bond donors (Lipinski definition) is 2. The Bertz CT molecular complexity index is 171. The van der Waals surface area contributed by atoms with Gasteiger partial charge in [0.1, 0.15) is 0 Å². The maximum Gasteiger partial charge on any atom is 0.230 e. The number of hydrogen-bond acceptors (Lipinski definition) is 4. The number of carbonyl (C=O) groups excluding carboxylic acids is 1. The molecule has 0 aromatic heterocycles. The molecule has 1 amide bonds. The summed E-state index contributed by atoms with van der Waals surface area (Å²) in [4.78, 5) is 11.1. The molecule has 14 heavy (non-hydrogen) atoms. The van der Waals surface area contributed by atoms with Crippen molar-refractivity contribution in [3.63, 3.8) is 0 Å². The molecule has 0 aliphatic carbocycles. The normalized spacial score (nSPS) is 21.1. The van der Waals surface area contributed by atoms with Crippen molar-refractivity contribution in [3.05, 3.63) is 0 Å². The van der Waals surface area contributed by atoms with E-state index in [1.165, 1.54) is 0 Å². The number of ether oxygens (including phenoxy) is 1. The van der Waals surface area contributed by atoms with Crippen LogP contribution < -0.4 is 5.32 Å². The zero-order chi connectivity index (χ0) is 10.2. The molecule has 0 bridgehead atoms. The molecule has 1 fully saturated rings. The zero-order valence-electron chi connectivity index (χ0n) is 8.20. The lowest BCUT2D eigenvalue weighted by Gasteiger charge is -2.08. The van der Waals surface area contributed by atoms with Crippen molar-refractivity contribution in [3.8, 4) is 0 Å². The van der Waals surface area contributed by atoms with E-state index in [0.717, 1.165) is 25.2 Å². The van der Waals surface area contributed by atoms with E-state index in [2.05, 4.69) is 5.32 Å². The van der Waals surface area contributed by atoms with Crippen LogP contribution >= 0.6 is 11.8 Å². The van der Waals surface area contributed by atoms with Gasteiger partial charge in [-0.15, -0.1) is 11.8 Å². The minimum absolute atomic E-state index is 0.00213. The van der Waals surface area contributed by atoms with E-state index >= 15 is 0 Å². The highest BCUT2D eigenvalue weighted by Crippen LogP contribution is 2.16. The first-order chi connectivity index (χ1) is 6.83. The Kier molecular flexibility index (Phi) is 5.98. The van der Waals surface area contributed by atoms with Crippen molar-refractivity contribution in [2.75, 3.05) is 31.3 Å². The maximum atomic E-state index is 11.1. The lowest BCUT2D eigenvalue weighted by molar-refractivity contribution is -0.118. The third kappa shape index (κ3) is 4.83. The van der Waals surface area contributed by atoms with E-state index in [-0.39, 0.29) is 12.5 Å². The summed E-state index contributed by atoms with van der Waals surface area (Å²) in [6, 6.07) is 0. The Balaban J connectivity index is 1.94. The molecule has 0 aromatic rings. The number of carbonyl (C=O) groups is 1. The summed E-state index contributed by atoms with van der Waals surface area (Å²) in [6.45, 7) is 1.21. The minimum Gasteiger partial charge on any atom is -0.395 e. The van der Waals surface area contributed by atoms with Gasteiger partial charge in [0.2, 0.25) is 5.91 Å². The molecular formula is C9H17NO3S. The van der Waals surface area contributed by atoms with Crippen molar-refractivity contribution in [1.82, 2.24) is 5.32 Å². The Morgan fingerprint density at radius 2 is 2.50 bits per heavy atom. The predicted molar refractivity (Wildman–Crippen MR) is 56.4 cm³/mol. The number of amides is 1. The van der Waals surface area contributed by atoms with Crippen molar-refractivity contribution in [1.29, 1.82) is 0 Å². The minimum atomic E-state index is -0.0120. The molecule has 1 saturated heterocycles. The van der Waals surface area contributed by atoms with Crippen LogP contribution in [0.1, 0.15) is 12.8 Å². The SMILES string of the molecule is O=C(CSCC1CCCO1)NCCO. The summed E-state index contributed by atoms with van der Waals surface area (Å²) >= 11 is 1.59. The van der Waals surface area contributed by atoms with Gasteiger partial charge in [-0.2, -0.15) is 0 Å². The highest BCUT2D eigenvalue weighted by Gasteiger charge is 2.15. The van der Waals surface area contributed by atoms with Gasteiger partial charge in [0, 0.05) is 18.9 Å². The summed E-state index contributed by atoms with van der Waals surface area (Å²) in [5.41, 5.74) is 0. The van der Waals surface area contributed by atoms with Crippen LogP contribution in [0.4, 0.5) is 0 Å². The van der Waals surface area contributed by atoms with E-state index < -0.39 is 0 Å². The van der Waals surface area contributed by atoms with E-state index in [0.29, 0.717) is 18.4 Å². The summed E-state index contributed by atoms with van der Waals surface area (Å²) < 4.78 is 5.42. The van der Waals surface area contributed by atoms with Gasteiger partial charge < -0.3 is 15.2 Å². The molecule has 1 unspecified atom stereocenters. The molecule has 5 heteroatoms. The molecule has 1 aliphatic heterocycles. The third-order valence-electron chi connectivity index (χ3n) is 1.99. The van der Waals surface area contributed by atoms with Gasteiger partial charge in [0.15, 0.2) is 0 Å². The van der Waals surface area contributed by atoms with Crippen LogP contribution in [-0.4, -0.2) is 48.4 Å². The van der Waals surface area contributed by atoms with Gasteiger partial charge in [0.05, 0.1) is 18.5 Å². The standard InChI is InChI=1S/C9H17NO3S/c11-4-3-10-9(12)7-14-6-8-2-1-5-13-8/h8,11H,1-7H2,(H,10,12). The van der Waals surface area contributed by atoms with Crippen LogP contribution in [0.3, 0.4) is 0 Å². The van der Waals surface area contributed by atoms with Crippen molar-refractivity contribution in [2.24, 2.45) is 0 Å². The molecule has 1 heterocycles. The topological polar surface area (TPSA) is 58.6 Å². The first-order valence-electron chi connectivity index (χ1n) is 4.90. The molecule has 1 aliphatic rings. The molecule has 2 N–H and O–H groups in total. The van der Waals surface area contributed by atoms with Crippen LogP contribution in [0.2, 0.25) is 0 Å². The summed E-state index contributed by atoms with van der Waals surface area (Å²) in [5.74, 6) is 1.34. The smallest absolute Gasteiger partial charge is 0.230 e. The fraction of sp³-hybridized carbons (Fsp3) is 0.889. The van der Waals surface area contributed by atoms with E-state index in [1.54, 1.807) is 11.8 Å². The van der Waals surface area contributed by atoms with E-state index in [1.807, 2.05) is 0 Å². The van der Waals surface area contributed by atoms with Crippen molar-refractivity contribution >= 4 is 17.7 Å². The Labute approximate surface area is 88.4 Å². The van der Waals surface area contributed by atoms with Crippen LogP contribution in [0.15, 0.2) is 0 Å². The summed E-state index contributed by atoms with van der Waals surface area (Å²) in [6.07, 6.45) is 2.60. The maximum absolute atomic E-state index is 11.1. The Hall–Kier alpha value is -0.260. The zero-order valence-corrected chi connectivity index (χ0v) is 9.02. The molecule has 82 valence electrons. The first kappa shape index (κ1) is 11.8. The monoisotopic (exact) mass is 219 g/mol. The molecule has 1 rings (SSSR count). The molecule has 0 radical (unpaired) electrons. The van der Waals surface area contributed by atoms with Crippen molar-refractivity contribution in [2.45, 2.75) is 18.9 Å². The van der Waals surface area contributed by atoms with Crippen LogP contribution in [0, 0.1) is 0 Å².